The molecule has 0 heterocycles. The molecule has 12 heteroatoms. The predicted molar refractivity (Wildman–Crippen MR) is 179 cm³/mol. The third-order valence-corrected chi connectivity index (χ3v) is 10.0. The lowest BCUT2D eigenvalue weighted by Gasteiger charge is -2.34. The summed E-state index contributed by atoms with van der Waals surface area (Å²) in [6.07, 6.45) is 2.17. The number of benzene rings is 3. The molecule has 238 valence electrons. The van der Waals surface area contributed by atoms with Crippen molar-refractivity contribution < 1.29 is 22.7 Å². The van der Waals surface area contributed by atoms with Gasteiger partial charge in [-0.1, -0.05) is 62.2 Å². The summed E-state index contributed by atoms with van der Waals surface area (Å²) < 4.78 is 35.3. The topological polar surface area (TPSA) is 96.0 Å². The second-order valence-corrected chi connectivity index (χ2v) is 13.9. The van der Waals surface area contributed by atoms with Crippen LogP contribution >= 0.6 is 35.0 Å². The smallest absolute Gasteiger partial charge is 0.264 e. The molecule has 3 aromatic rings. The SMILES string of the molecule is CCOc1ccccc1N(CC(=O)N(Cc1c(Cl)cccc1Cl)[C@@H](CC)C(=O)NCC(C)C)S(=O)(=O)c1ccc(SC)cc1. The molecule has 0 radical (unpaired) electrons. The summed E-state index contributed by atoms with van der Waals surface area (Å²) in [7, 11) is -4.27. The van der Waals surface area contributed by atoms with E-state index in [9.17, 15) is 18.0 Å². The van der Waals surface area contributed by atoms with E-state index >= 15 is 0 Å². The molecule has 44 heavy (non-hydrogen) atoms. The van der Waals surface area contributed by atoms with Gasteiger partial charge >= 0.3 is 0 Å². The highest BCUT2D eigenvalue weighted by Gasteiger charge is 2.35. The zero-order chi connectivity index (χ0) is 32.4. The summed E-state index contributed by atoms with van der Waals surface area (Å²) in [4.78, 5) is 30.0. The Morgan fingerprint density at radius 1 is 0.955 bits per heavy atom. The van der Waals surface area contributed by atoms with E-state index in [1.807, 2.05) is 20.1 Å². The van der Waals surface area contributed by atoms with Gasteiger partial charge in [-0.15, -0.1) is 11.8 Å². The van der Waals surface area contributed by atoms with E-state index in [0.29, 0.717) is 27.9 Å². The molecule has 2 amide bonds. The highest BCUT2D eigenvalue weighted by atomic mass is 35.5. The second kappa shape index (κ2) is 16.4. The number of carbonyl (C=O) groups excluding carboxylic acids is 2. The number of nitrogens with zero attached hydrogens (tertiary/aromatic N) is 2. The van der Waals surface area contributed by atoms with E-state index in [1.54, 1.807) is 68.4 Å². The van der Waals surface area contributed by atoms with Crippen molar-refractivity contribution in [2.75, 3.05) is 30.3 Å². The van der Waals surface area contributed by atoms with Gasteiger partial charge in [0.2, 0.25) is 11.8 Å². The summed E-state index contributed by atoms with van der Waals surface area (Å²) in [6.45, 7) is 7.51. The molecule has 0 unspecified atom stereocenters. The largest absolute Gasteiger partial charge is 0.492 e. The second-order valence-electron chi connectivity index (χ2n) is 10.4. The maximum absolute atomic E-state index is 14.4. The lowest BCUT2D eigenvalue weighted by atomic mass is 10.1. The Morgan fingerprint density at radius 3 is 2.16 bits per heavy atom. The summed E-state index contributed by atoms with van der Waals surface area (Å²) in [5.74, 6) is -0.473. The zero-order valence-corrected chi connectivity index (χ0v) is 28.7. The number of hydrogen-bond donors (Lipinski definition) is 1. The van der Waals surface area contributed by atoms with E-state index in [0.717, 1.165) is 9.20 Å². The standard InChI is InChI=1S/C32H39Cl2N3O5S2/c1-6-28(32(39)35-19-22(3)4)36(20-25-26(33)11-10-12-27(25)34)31(38)21-37(29-13-8-9-14-30(29)42-7-2)44(40,41)24-17-15-23(43-5)16-18-24/h8-18,22,28H,6-7,19-21H2,1-5H3,(H,35,39)/t28-/m0/s1. The first kappa shape index (κ1) is 35.6. The quantitative estimate of drug-likeness (QED) is 0.176. The van der Waals surface area contributed by atoms with Crippen LogP contribution in [0, 0.1) is 5.92 Å². The van der Waals surface area contributed by atoms with E-state index in [1.165, 1.54) is 28.8 Å². The van der Waals surface area contributed by atoms with Crippen LogP contribution in [0.25, 0.3) is 0 Å². The van der Waals surface area contributed by atoms with Crippen molar-refractivity contribution in [3.05, 3.63) is 82.3 Å². The number of anilines is 1. The Kier molecular flexibility index (Phi) is 13.3. The Morgan fingerprint density at radius 2 is 1.59 bits per heavy atom. The predicted octanol–water partition coefficient (Wildman–Crippen LogP) is 6.89. The molecule has 0 aliphatic rings. The number of rotatable bonds is 15. The lowest BCUT2D eigenvalue weighted by Crippen LogP contribution is -2.52. The fourth-order valence-electron chi connectivity index (χ4n) is 4.52. The Bertz CT molecular complexity index is 1510. The third-order valence-electron chi connectivity index (χ3n) is 6.82. The number of carbonyl (C=O) groups is 2. The van der Waals surface area contributed by atoms with Crippen molar-refractivity contribution in [1.82, 2.24) is 10.2 Å². The van der Waals surface area contributed by atoms with Gasteiger partial charge in [0.25, 0.3) is 10.0 Å². The molecule has 0 saturated carbocycles. The van der Waals surface area contributed by atoms with Crippen molar-refractivity contribution in [2.24, 2.45) is 5.92 Å². The minimum atomic E-state index is -4.27. The number of thioether (sulfide) groups is 1. The van der Waals surface area contributed by atoms with Gasteiger partial charge in [-0.25, -0.2) is 8.42 Å². The third kappa shape index (κ3) is 8.84. The summed E-state index contributed by atoms with van der Waals surface area (Å²) in [6, 6.07) is 17.2. The van der Waals surface area contributed by atoms with Crippen molar-refractivity contribution in [1.29, 1.82) is 0 Å². The first-order valence-corrected chi connectivity index (χ1v) is 17.7. The Labute approximate surface area is 275 Å². The van der Waals surface area contributed by atoms with Gasteiger partial charge in [-0.05, 0) is 74.0 Å². The van der Waals surface area contributed by atoms with Gasteiger partial charge in [-0.3, -0.25) is 13.9 Å². The number of ether oxygens (including phenoxy) is 1. The number of nitrogens with one attached hydrogen (secondary N) is 1. The monoisotopic (exact) mass is 679 g/mol. The van der Waals surface area contributed by atoms with Crippen LogP contribution in [0.2, 0.25) is 10.0 Å². The molecule has 1 N–H and O–H groups in total. The van der Waals surface area contributed by atoms with Crippen molar-refractivity contribution in [3.63, 3.8) is 0 Å². The zero-order valence-electron chi connectivity index (χ0n) is 25.5. The molecule has 0 saturated heterocycles. The minimum Gasteiger partial charge on any atom is -0.492 e. The maximum Gasteiger partial charge on any atom is 0.264 e. The van der Waals surface area contributed by atoms with Crippen LogP contribution in [0.15, 0.2) is 76.5 Å². The molecule has 0 bridgehead atoms. The van der Waals surface area contributed by atoms with Crippen LogP contribution < -0.4 is 14.4 Å². The van der Waals surface area contributed by atoms with Gasteiger partial charge in [0.15, 0.2) is 0 Å². The van der Waals surface area contributed by atoms with Crippen LogP contribution in [0.5, 0.6) is 5.75 Å². The molecule has 0 aromatic heterocycles. The van der Waals surface area contributed by atoms with Gasteiger partial charge in [0.1, 0.15) is 18.3 Å². The number of sulfonamides is 1. The molecular formula is C32H39Cl2N3O5S2. The maximum atomic E-state index is 14.4. The number of para-hydroxylation sites is 2. The fourth-order valence-corrected chi connectivity index (χ4v) is 6.87. The molecule has 0 fully saturated rings. The van der Waals surface area contributed by atoms with E-state index in [4.69, 9.17) is 27.9 Å². The van der Waals surface area contributed by atoms with E-state index < -0.39 is 28.5 Å². The average Bonchev–Trinajstić information content (AvgIpc) is 3.00. The van der Waals surface area contributed by atoms with Crippen LogP contribution in [0.4, 0.5) is 5.69 Å². The van der Waals surface area contributed by atoms with E-state index in [2.05, 4.69) is 5.32 Å². The summed E-state index contributed by atoms with van der Waals surface area (Å²) in [5.41, 5.74) is 0.653. The van der Waals surface area contributed by atoms with Crippen LogP contribution in [-0.4, -0.2) is 57.1 Å². The van der Waals surface area contributed by atoms with Crippen LogP contribution in [0.1, 0.15) is 39.7 Å². The normalized spacial score (nSPS) is 12.1. The molecule has 3 rings (SSSR count). The van der Waals surface area contributed by atoms with Crippen LogP contribution in [-0.2, 0) is 26.2 Å². The summed E-state index contributed by atoms with van der Waals surface area (Å²) in [5, 5.41) is 3.56. The minimum absolute atomic E-state index is 0.0109. The molecule has 0 aliphatic carbocycles. The van der Waals surface area contributed by atoms with E-state index in [-0.39, 0.29) is 42.0 Å². The molecule has 0 aliphatic heterocycles. The molecular weight excluding hydrogens is 641 g/mol. The van der Waals surface area contributed by atoms with Gasteiger partial charge < -0.3 is 15.0 Å². The summed E-state index contributed by atoms with van der Waals surface area (Å²) >= 11 is 14.5. The van der Waals surface area contributed by atoms with Gasteiger partial charge in [0, 0.05) is 33.6 Å². The number of amides is 2. The first-order valence-electron chi connectivity index (χ1n) is 14.3. The number of hydrogen-bond acceptors (Lipinski definition) is 6. The average molecular weight is 681 g/mol. The van der Waals surface area contributed by atoms with Crippen molar-refractivity contribution in [2.45, 2.75) is 56.5 Å². The first-order chi connectivity index (χ1) is 20.9. The molecule has 0 spiro atoms. The van der Waals surface area contributed by atoms with Crippen LogP contribution in [0.3, 0.4) is 0 Å². The van der Waals surface area contributed by atoms with Gasteiger partial charge in [-0.2, -0.15) is 0 Å². The molecule has 1 atom stereocenters. The Hall–Kier alpha value is -2.92. The van der Waals surface area contributed by atoms with Gasteiger partial charge in [0.05, 0.1) is 17.2 Å². The molecule has 3 aromatic carbocycles. The number of halogens is 2. The van der Waals surface area contributed by atoms with Crippen molar-refractivity contribution >= 4 is 62.5 Å². The lowest BCUT2D eigenvalue weighted by molar-refractivity contribution is -0.140. The highest BCUT2D eigenvalue weighted by molar-refractivity contribution is 7.98. The Balaban J connectivity index is 2.14. The van der Waals surface area contributed by atoms with Crippen molar-refractivity contribution in [3.8, 4) is 5.75 Å². The highest BCUT2D eigenvalue weighted by Crippen LogP contribution is 2.34. The fraction of sp³-hybridized carbons (Fsp3) is 0.375. The molecule has 8 nitrogen and oxygen atoms in total.